The van der Waals surface area contributed by atoms with Crippen LogP contribution in [0.3, 0.4) is 0 Å². The molecule has 0 bridgehead atoms. The van der Waals surface area contributed by atoms with Gasteiger partial charge in [0.05, 0.1) is 99.3 Å². The third-order valence-electron chi connectivity index (χ3n) is 30.6. The Balaban J connectivity index is 0.000000102. The van der Waals surface area contributed by atoms with Crippen LogP contribution in [-0.4, -0.2) is 41.1 Å². The minimum atomic E-state index is 1.15. The van der Waals surface area contributed by atoms with Crippen molar-refractivity contribution in [2.45, 2.75) is 0 Å². The first kappa shape index (κ1) is 83.1. The Morgan fingerprint density at radius 2 is 0.231 bits per heavy atom. The van der Waals surface area contributed by atoms with Gasteiger partial charge < -0.3 is 41.1 Å². The Labute approximate surface area is 844 Å². The van der Waals surface area contributed by atoms with E-state index in [0.29, 0.717) is 0 Å². The summed E-state index contributed by atoms with van der Waals surface area (Å²) in [5.74, 6) is 0. The number of para-hydroxylation sites is 13. The minimum Gasteiger partial charge on any atom is -0.309 e. The second kappa shape index (κ2) is 33.5. The molecule has 9 heteroatoms. The van der Waals surface area contributed by atoms with Gasteiger partial charge in [-0.3, -0.25) is 0 Å². The van der Waals surface area contributed by atoms with Crippen molar-refractivity contribution >= 4 is 196 Å². The van der Waals surface area contributed by atoms with Gasteiger partial charge in [0.25, 0.3) is 0 Å². The highest BCUT2D eigenvalue weighted by Crippen LogP contribution is 2.48. The number of fused-ring (bicyclic) bond motifs is 27. The summed E-state index contributed by atoms with van der Waals surface area (Å²) >= 11 is 0. The predicted octanol–water partition coefficient (Wildman–Crippen LogP) is 36.3. The van der Waals surface area contributed by atoms with Crippen molar-refractivity contribution in [2.24, 2.45) is 0 Å². The summed E-state index contributed by atoms with van der Waals surface area (Å²) in [7, 11) is 0. The molecule has 686 valence electrons. The highest BCUT2D eigenvalue weighted by Gasteiger charge is 2.27. The molecular formula is C138H89N9. The minimum absolute atomic E-state index is 1.15. The van der Waals surface area contributed by atoms with Crippen LogP contribution >= 0.6 is 0 Å². The molecule has 9 nitrogen and oxygen atoms in total. The fraction of sp³-hybridized carbons (Fsp3) is 0. The second-order valence-corrected chi connectivity index (χ2v) is 38.6. The molecule has 0 spiro atoms. The van der Waals surface area contributed by atoms with Gasteiger partial charge in [0.15, 0.2) is 0 Å². The number of hydrogen-bond acceptors (Lipinski definition) is 0. The normalized spacial score (nSPS) is 11.9. The average molecular weight is 1870 g/mol. The van der Waals surface area contributed by atoms with E-state index >= 15 is 0 Å². The van der Waals surface area contributed by atoms with E-state index in [1.165, 1.54) is 236 Å². The monoisotopic (exact) mass is 1870 g/mol. The van der Waals surface area contributed by atoms with Gasteiger partial charge in [0.2, 0.25) is 0 Å². The summed E-state index contributed by atoms with van der Waals surface area (Å²) in [6, 6.07) is 196. The van der Waals surface area contributed by atoms with Gasteiger partial charge in [0.1, 0.15) is 0 Å². The van der Waals surface area contributed by atoms with Crippen LogP contribution in [0.1, 0.15) is 0 Å². The van der Waals surface area contributed by atoms with E-state index in [1.54, 1.807) is 0 Å². The molecule has 0 amide bonds. The quantitative estimate of drug-likeness (QED) is 0.124. The Morgan fingerprint density at radius 1 is 0.0748 bits per heavy atom. The number of rotatable bonds is 11. The first-order valence-electron chi connectivity index (χ1n) is 50.5. The summed E-state index contributed by atoms with van der Waals surface area (Å²) in [6.07, 6.45) is 0. The van der Waals surface area contributed by atoms with Crippen LogP contribution in [0.5, 0.6) is 0 Å². The largest absolute Gasteiger partial charge is 0.309 e. The zero-order chi connectivity index (χ0) is 96.4. The fourth-order valence-corrected chi connectivity index (χ4v) is 24.3. The maximum atomic E-state index is 2.46. The summed E-state index contributed by atoms with van der Waals surface area (Å²) in [5, 5.41) is 22.5. The number of nitrogens with zero attached hydrogens (tertiary/aromatic N) is 9. The van der Waals surface area contributed by atoms with Crippen LogP contribution in [-0.2, 0) is 0 Å². The van der Waals surface area contributed by atoms with Crippen molar-refractivity contribution in [3.05, 3.63) is 540 Å². The molecule has 0 atom stereocenters. The van der Waals surface area contributed by atoms with Crippen LogP contribution in [0.2, 0.25) is 0 Å². The maximum Gasteiger partial charge on any atom is 0.0548 e. The van der Waals surface area contributed by atoms with E-state index < -0.39 is 0 Å². The molecule has 0 radical (unpaired) electrons. The van der Waals surface area contributed by atoms with E-state index in [1.807, 2.05) is 0 Å². The van der Waals surface area contributed by atoms with Crippen molar-refractivity contribution in [3.63, 3.8) is 0 Å². The van der Waals surface area contributed by atoms with Gasteiger partial charge in [-0.15, -0.1) is 0 Å². The van der Waals surface area contributed by atoms with Crippen LogP contribution in [0.25, 0.3) is 270 Å². The fourth-order valence-electron chi connectivity index (χ4n) is 24.3. The smallest absolute Gasteiger partial charge is 0.0548 e. The van der Waals surface area contributed by atoms with E-state index in [-0.39, 0.29) is 0 Å². The van der Waals surface area contributed by atoms with Crippen LogP contribution < -0.4 is 0 Å². The van der Waals surface area contributed by atoms with Crippen molar-refractivity contribution in [2.75, 3.05) is 0 Å². The first-order chi connectivity index (χ1) is 73.0. The summed E-state index contributed by atoms with van der Waals surface area (Å²) in [6.45, 7) is 0. The zero-order valence-corrected chi connectivity index (χ0v) is 79.9. The van der Waals surface area contributed by atoms with E-state index in [2.05, 4.69) is 581 Å². The van der Waals surface area contributed by atoms with Gasteiger partial charge >= 0.3 is 0 Å². The van der Waals surface area contributed by atoms with Gasteiger partial charge in [-0.05, 0) is 235 Å². The highest BCUT2D eigenvalue weighted by atomic mass is 15.1. The Kier molecular flexibility index (Phi) is 18.9. The molecule has 0 unspecified atom stereocenters. The number of aromatic nitrogens is 9. The van der Waals surface area contributed by atoms with Crippen LogP contribution in [0, 0.1) is 0 Å². The lowest BCUT2D eigenvalue weighted by Crippen LogP contribution is -1.98. The van der Waals surface area contributed by atoms with Crippen LogP contribution in [0.4, 0.5) is 0 Å². The second-order valence-electron chi connectivity index (χ2n) is 38.6. The van der Waals surface area contributed by atoms with Gasteiger partial charge in [-0.1, -0.05) is 328 Å². The summed E-state index contributed by atoms with van der Waals surface area (Å²) in [4.78, 5) is 0. The molecule has 0 fully saturated rings. The number of benzene rings is 23. The molecule has 0 aliphatic carbocycles. The lowest BCUT2D eigenvalue weighted by atomic mass is 10.1. The summed E-state index contributed by atoms with van der Waals surface area (Å²) in [5.41, 5.74) is 37.1. The standard InChI is InChI=1S/2C48H31N3.C42H27N3/c1-3-14-32(15-4-1)33-16-13-19-35(28-33)50-44-24-11-7-20-37(44)40-29-36(26-27-46(40)50)51-45-25-12-9-22-39(45)42-30-47-41(31-48(42)51)38-21-8-10-23-43(38)49(47)34-17-5-2-6-18-34;1-3-13-32(14-4-1)33-23-25-35(26-24-33)49-43-20-10-7-17-37(43)40-29-36(27-28-46(40)49)51-45-22-12-9-19-39(45)42-30-47-41(31-48(42)51)38-18-8-11-21-44(38)50(47)34-15-5-2-6-16-34;1-2-13-28(14-3-1)43-39-23-10-6-19-33(39)35-27-42-36(26-41(35)43)34-20-7-11-24-40(34)45(42)30-16-12-15-29(25-30)44-37-21-8-4-17-31(37)32-18-5-9-22-38(32)44/h2*1-31H;1-27H. The molecule has 0 N–H and O–H groups in total. The Morgan fingerprint density at radius 3 is 0.510 bits per heavy atom. The molecule has 0 saturated carbocycles. The molecule has 0 aliphatic heterocycles. The molecular weight excluding hydrogens is 1780 g/mol. The lowest BCUT2D eigenvalue weighted by molar-refractivity contribution is 1.13. The Bertz CT molecular complexity index is 10900. The molecule has 32 aromatic rings. The van der Waals surface area contributed by atoms with Crippen LogP contribution in [0.15, 0.2) is 540 Å². The lowest BCUT2D eigenvalue weighted by Gasteiger charge is -2.13. The zero-order valence-electron chi connectivity index (χ0n) is 79.9. The Hall–Kier alpha value is -19.7. The maximum absolute atomic E-state index is 2.46. The predicted molar refractivity (Wildman–Crippen MR) is 619 cm³/mol. The van der Waals surface area contributed by atoms with Crippen molar-refractivity contribution < 1.29 is 0 Å². The third-order valence-corrected chi connectivity index (χ3v) is 30.6. The molecule has 0 aliphatic rings. The number of hydrogen-bond donors (Lipinski definition) is 0. The van der Waals surface area contributed by atoms with Crippen molar-refractivity contribution in [1.82, 2.24) is 41.1 Å². The molecule has 9 heterocycles. The molecule has 32 rings (SSSR count). The van der Waals surface area contributed by atoms with Crippen molar-refractivity contribution in [1.29, 1.82) is 0 Å². The molecule has 147 heavy (non-hydrogen) atoms. The van der Waals surface area contributed by atoms with E-state index in [4.69, 9.17) is 0 Å². The van der Waals surface area contributed by atoms with Gasteiger partial charge in [-0.25, -0.2) is 0 Å². The van der Waals surface area contributed by atoms with Gasteiger partial charge in [-0.2, -0.15) is 0 Å². The highest BCUT2D eigenvalue weighted by molar-refractivity contribution is 6.24. The summed E-state index contributed by atoms with van der Waals surface area (Å²) < 4.78 is 21.8. The van der Waals surface area contributed by atoms with E-state index in [9.17, 15) is 0 Å². The molecule has 0 saturated heterocycles. The topological polar surface area (TPSA) is 44.4 Å². The average Bonchev–Trinajstić information content (AvgIpc) is 1.56. The van der Waals surface area contributed by atoms with Gasteiger partial charge in [0, 0.05) is 148 Å². The molecule has 23 aromatic carbocycles. The first-order valence-corrected chi connectivity index (χ1v) is 50.5. The van der Waals surface area contributed by atoms with Crippen molar-refractivity contribution in [3.8, 4) is 73.4 Å². The third kappa shape index (κ3) is 13.1. The SMILES string of the molecule is c1ccc(-c2ccc(-n3c4ccccc4c4cc(-n5c6ccccc6c6cc7c(cc65)c5ccccc5n7-c5ccccc5)ccc43)cc2)cc1.c1ccc(-c2cccc(-n3c4ccccc4c4cc(-n5c6ccccc6c6cc7c(cc65)c5ccccc5n7-c5ccccc5)ccc43)c2)cc1.c1ccc(-n2c3ccccc3c3cc4c(cc32)c2ccccc2n4-c2cccc(-n3c4ccccc4c4ccccc43)c2)cc1. The molecule has 9 aromatic heterocycles. The van der Waals surface area contributed by atoms with E-state index in [0.717, 1.165) is 34.1 Å².